The number of nitrogens with one attached hydrogen (secondary N) is 2. The van der Waals surface area contributed by atoms with Crippen LogP contribution in [0.2, 0.25) is 0 Å². The van der Waals surface area contributed by atoms with Crippen LogP contribution in [-0.2, 0) is 0 Å². The molecule has 1 saturated carbocycles. The Morgan fingerprint density at radius 1 is 1.24 bits per heavy atom. The van der Waals surface area contributed by atoms with Crippen LogP contribution in [0.3, 0.4) is 0 Å². The average molecular weight is 350 g/mol. The first-order chi connectivity index (χ1) is 12.0. The van der Waals surface area contributed by atoms with E-state index in [0.29, 0.717) is 23.4 Å². The van der Waals surface area contributed by atoms with Gasteiger partial charge in [-0.3, -0.25) is 0 Å². The van der Waals surface area contributed by atoms with E-state index in [-0.39, 0.29) is 18.4 Å². The lowest BCUT2D eigenvalue weighted by Crippen LogP contribution is -2.21. The molecule has 2 aromatic rings. The molecule has 0 radical (unpaired) electrons. The molecule has 0 saturated heterocycles. The van der Waals surface area contributed by atoms with Gasteiger partial charge in [0.05, 0.1) is 12.3 Å². The molecule has 8 heteroatoms. The van der Waals surface area contributed by atoms with Crippen molar-refractivity contribution in [2.24, 2.45) is 0 Å². The van der Waals surface area contributed by atoms with E-state index >= 15 is 0 Å². The molecular formula is C17H20F2N4O2. The Hall–Kier alpha value is -2.48. The number of hydrogen-bond donors (Lipinski definition) is 3. The van der Waals surface area contributed by atoms with Crippen LogP contribution in [0, 0.1) is 0 Å². The number of alkyl halides is 2. The third-order valence-electron chi connectivity index (χ3n) is 3.74. The molecule has 1 atom stereocenters. The Bertz CT molecular complexity index is 708. The van der Waals surface area contributed by atoms with Crippen molar-refractivity contribution in [1.82, 2.24) is 9.97 Å². The number of rotatable bonds is 8. The number of aliphatic hydroxyl groups excluding tert-OH is 1. The van der Waals surface area contributed by atoms with Crippen LogP contribution in [0.5, 0.6) is 5.75 Å². The normalized spacial score (nSPS) is 15.1. The summed E-state index contributed by atoms with van der Waals surface area (Å²) in [7, 11) is 0. The summed E-state index contributed by atoms with van der Waals surface area (Å²) in [6.45, 7) is -1.03. The number of hydrogen-bond acceptors (Lipinski definition) is 6. The minimum Gasteiger partial charge on any atom is -0.435 e. The second-order valence-electron chi connectivity index (χ2n) is 6.03. The molecule has 0 amide bonds. The van der Waals surface area contributed by atoms with E-state index < -0.39 is 6.61 Å². The van der Waals surface area contributed by atoms with Crippen molar-refractivity contribution < 1.29 is 18.6 Å². The number of halogens is 2. The molecule has 1 aromatic heterocycles. The quantitative estimate of drug-likeness (QED) is 0.676. The second-order valence-corrected chi connectivity index (χ2v) is 6.03. The smallest absolute Gasteiger partial charge is 0.387 e. The van der Waals surface area contributed by atoms with Crippen molar-refractivity contribution in [3.05, 3.63) is 36.0 Å². The lowest BCUT2D eigenvalue weighted by atomic mass is 10.2. The van der Waals surface area contributed by atoms with E-state index in [9.17, 15) is 13.9 Å². The van der Waals surface area contributed by atoms with Crippen LogP contribution in [-0.4, -0.2) is 34.3 Å². The van der Waals surface area contributed by atoms with E-state index in [1.165, 1.54) is 12.1 Å². The first-order valence-corrected chi connectivity index (χ1v) is 8.12. The van der Waals surface area contributed by atoms with Crippen molar-refractivity contribution in [1.29, 1.82) is 0 Å². The summed E-state index contributed by atoms with van der Waals surface area (Å²) in [5, 5.41) is 15.4. The van der Waals surface area contributed by atoms with Gasteiger partial charge in [-0.15, -0.1) is 0 Å². The minimum atomic E-state index is -2.84. The first kappa shape index (κ1) is 17.3. The standard InChI is InChI=1S/C17H20F2N4O2/c1-10(9-24)20-17-22-14(11-2-3-11)8-15(23-17)21-12-4-6-13(7-5-12)25-16(18)19/h4-8,10-11,16,24H,2-3,9H2,1H3,(H2,20,21,22,23)/t10-/m1/s1. The van der Waals surface area contributed by atoms with Gasteiger partial charge in [0.15, 0.2) is 0 Å². The van der Waals surface area contributed by atoms with E-state index in [0.717, 1.165) is 18.5 Å². The maximum absolute atomic E-state index is 12.2. The zero-order chi connectivity index (χ0) is 17.8. The van der Waals surface area contributed by atoms with Crippen LogP contribution in [0.25, 0.3) is 0 Å². The molecule has 0 unspecified atom stereocenters. The highest BCUT2D eigenvalue weighted by Crippen LogP contribution is 2.40. The summed E-state index contributed by atoms with van der Waals surface area (Å²) in [6.07, 6.45) is 2.20. The van der Waals surface area contributed by atoms with Crippen molar-refractivity contribution in [3.8, 4) is 5.75 Å². The van der Waals surface area contributed by atoms with Gasteiger partial charge in [-0.2, -0.15) is 13.8 Å². The molecule has 0 bridgehead atoms. The monoisotopic (exact) mass is 350 g/mol. The van der Waals surface area contributed by atoms with Crippen molar-refractivity contribution in [3.63, 3.8) is 0 Å². The number of benzene rings is 1. The van der Waals surface area contributed by atoms with Crippen LogP contribution < -0.4 is 15.4 Å². The zero-order valence-electron chi connectivity index (χ0n) is 13.7. The van der Waals surface area contributed by atoms with Crippen LogP contribution in [0.15, 0.2) is 30.3 Å². The van der Waals surface area contributed by atoms with E-state index in [1.54, 1.807) is 12.1 Å². The molecule has 1 aliphatic rings. The maximum Gasteiger partial charge on any atom is 0.387 e. The largest absolute Gasteiger partial charge is 0.435 e. The molecule has 25 heavy (non-hydrogen) atoms. The fourth-order valence-electron chi connectivity index (χ4n) is 2.32. The summed E-state index contributed by atoms with van der Waals surface area (Å²) in [5.41, 5.74) is 1.64. The Kier molecular flexibility index (Phi) is 5.28. The predicted molar refractivity (Wildman–Crippen MR) is 90.5 cm³/mol. The molecule has 3 N–H and O–H groups in total. The molecule has 0 spiro atoms. The van der Waals surface area contributed by atoms with Crippen LogP contribution >= 0.6 is 0 Å². The van der Waals surface area contributed by atoms with Gasteiger partial charge < -0.3 is 20.5 Å². The molecule has 1 heterocycles. The lowest BCUT2D eigenvalue weighted by Gasteiger charge is -2.14. The number of anilines is 3. The molecule has 0 aliphatic heterocycles. The van der Waals surface area contributed by atoms with Gasteiger partial charge in [0.1, 0.15) is 11.6 Å². The van der Waals surface area contributed by atoms with Crippen LogP contribution in [0.4, 0.5) is 26.2 Å². The lowest BCUT2D eigenvalue weighted by molar-refractivity contribution is -0.0498. The van der Waals surface area contributed by atoms with Gasteiger partial charge in [0.25, 0.3) is 0 Å². The summed E-state index contributed by atoms with van der Waals surface area (Å²) in [6, 6.07) is 7.93. The average Bonchev–Trinajstić information content (AvgIpc) is 3.41. The highest BCUT2D eigenvalue weighted by Gasteiger charge is 2.26. The third-order valence-corrected chi connectivity index (χ3v) is 3.74. The molecule has 3 rings (SSSR count). The van der Waals surface area contributed by atoms with E-state index in [2.05, 4.69) is 25.3 Å². The fourth-order valence-corrected chi connectivity index (χ4v) is 2.32. The third kappa shape index (κ3) is 4.99. The number of aromatic nitrogens is 2. The number of aliphatic hydroxyl groups is 1. The van der Waals surface area contributed by atoms with Crippen molar-refractivity contribution in [2.75, 3.05) is 17.2 Å². The Balaban J connectivity index is 1.76. The number of ether oxygens (including phenoxy) is 1. The van der Waals surface area contributed by atoms with Gasteiger partial charge in [0.2, 0.25) is 5.95 Å². The summed E-state index contributed by atoms with van der Waals surface area (Å²) < 4.78 is 28.7. The predicted octanol–water partition coefficient (Wildman–Crippen LogP) is 3.49. The fraction of sp³-hybridized carbons (Fsp3) is 0.412. The topological polar surface area (TPSA) is 79.3 Å². The zero-order valence-corrected chi connectivity index (χ0v) is 13.7. The molecular weight excluding hydrogens is 330 g/mol. The van der Waals surface area contributed by atoms with Crippen molar-refractivity contribution in [2.45, 2.75) is 38.3 Å². The van der Waals surface area contributed by atoms with Gasteiger partial charge >= 0.3 is 6.61 Å². The second kappa shape index (κ2) is 7.60. The Labute approximate surface area is 144 Å². The molecule has 134 valence electrons. The number of nitrogens with zero attached hydrogens (tertiary/aromatic N) is 2. The van der Waals surface area contributed by atoms with Gasteiger partial charge in [-0.1, -0.05) is 0 Å². The van der Waals surface area contributed by atoms with Crippen molar-refractivity contribution >= 4 is 17.5 Å². The highest BCUT2D eigenvalue weighted by molar-refractivity contribution is 5.59. The Morgan fingerprint density at radius 3 is 2.56 bits per heavy atom. The molecule has 1 aliphatic carbocycles. The van der Waals surface area contributed by atoms with Gasteiger partial charge in [-0.25, -0.2) is 4.98 Å². The molecule has 1 aromatic carbocycles. The summed E-state index contributed by atoms with van der Waals surface area (Å²) in [5.74, 6) is 1.59. The van der Waals surface area contributed by atoms with E-state index in [4.69, 9.17) is 0 Å². The molecule has 1 fully saturated rings. The minimum absolute atomic E-state index is 0.0224. The summed E-state index contributed by atoms with van der Waals surface area (Å²) >= 11 is 0. The van der Waals surface area contributed by atoms with Gasteiger partial charge in [-0.05, 0) is 44.0 Å². The molecule has 6 nitrogen and oxygen atoms in total. The van der Waals surface area contributed by atoms with Gasteiger partial charge in [0, 0.05) is 23.7 Å². The maximum atomic E-state index is 12.2. The highest BCUT2D eigenvalue weighted by atomic mass is 19.3. The summed E-state index contributed by atoms with van der Waals surface area (Å²) in [4.78, 5) is 8.90. The first-order valence-electron chi connectivity index (χ1n) is 8.12. The SMILES string of the molecule is C[C@H](CO)Nc1nc(Nc2ccc(OC(F)F)cc2)cc(C2CC2)n1. The van der Waals surface area contributed by atoms with Crippen LogP contribution in [0.1, 0.15) is 31.4 Å². The van der Waals surface area contributed by atoms with E-state index in [1.807, 2.05) is 13.0 Å². The Morgan fingerprint density at radius 2 is 1.96 bits per heavy atom.